The van der Waals surface area contributed by atoms with Crippen LogP contribution >= 0.6 is 0 Å². The largest absolute Gasteiger partial charge is 0.493 e. The predicted octanol–water partition coefficient (Wildman–Crippen LogP) is 3.93. The molecule has 2 aromatic carbocycles. The van der Waals surface area contributed by atoms with Gasteiger partial charge in [-0.3, -0.25) is 0 Å². The standard InChI is InChI=1S/C18H20FNO/c1-12(2)20-11-15-3-5-16(19)10-17(15)13-4-6-18-14(9-13)7-8-21-18/h3-6,9-10,12,20H,7-8,11H2,1-2H3. The van der Waals surface area contributed by atoms with Gasteiger partial charge < -0.3 is 10.1 Å². The number of hydrogen-bond donors (Lipinski definition) is 1. The number of ether oxygens (including phenoxy) is 1. The van der Waals surface area contributed by atoms with E-state index in [4.69, 9.17) is 4.74 Å². The lowest BCUT2D eigenvalue weighted by molar-refractivity contribution is 0.357. The molecule has 1 aliphatic rings. The summed E-state index contributed by atoms with van der Waals surface area (Å²) >= 11 is 0. The normalized spacial score (nSPS) is 13.3. The fraction of sp³-hybridized carbons (Fsp3) is 0.333. The van der Waals surface area contributed by atoms with Crippen LogP contribution in [0.25, 0.3) is 11.1 Å². The van der Waals surface area contributed by atoms with Crippen LogP contribution in [0.5, 0.6) is 5.75 Å². The Morgan fingerprint density at radius 3 is 2.86 bits per heavy atom. The first-order valence-electron chi connectivity index (χ1n) is 7.41. The summed E-state index contributed by atoms with van der Waals surface area (Å²) in [5, 5.41) is 3.40. The second-order valence-corrected chi connectivity index (χ2v) is 5.76. The van der Waals surface area contributed by atoms with Gasteiger partial charge in [0.15, 0.2) is 0 Å². The highest BCUT2D eigenvalue weighted by molar-refractivity contribution is 5.69. The third-order valence-electron chi connectivity index (χ3n) is 3.77. The Balaban J connectivity index is 1.98. The second-order valence-electron chi connectivity index (χ2n) is 5.76. The van der Waals surface area contributed by atoms with Gasteiger partial charge in [0.2, 0.25) is 0 Å². The Labute approximate surface area is 125 Å². The van der Waals surface area contributed by atoms with Crippen molar-refractivity contribution in [1.29, 1.82) is 0 Å². The molecule has 3 rings (SSSR count). The first-order valence-corrected chi connectivity index (χ1v) is 7.41. The molecule has 0 unspecified atom stereocenters. The Bertz CT molecular complexity index is 652. The summed E-state index contributed by atoms with van der Waals surface area (Å²) in [6.07, 6.45) is 0.929. The summed E-state index contributed by atoms with van der Waals surface area (Å²) in [7, 11) is 0. The number of benzene rings is 2. The van der Waals surface area contributed by atoms with Crippen LogP contribution in [0.1, 0.15) is 25.0 Å². The number of halogens is 1. The van der Waals surface area contributed by atoms with Gasteiger partial charge in [0, 0.05) is 19.0 Å². The van der Waals surface area contributed by atoms with E-state index in [0.29, 0.717) is 6.04 Å². The van der Waals surface area contributed by atoms with Gasteiger partial charge in [0.05, 0.1) is 6.61 Å². The van der Waals surface area contributed by atoms with Crippen molar-refractivity contribution in [2.24, 2.45) is 0 Å². The molecule has 2 nitrogen and oxygen atoms in total. The van der Waals surface area contributed by atoms with Crippen LogP contribution in [0.3, 0.4) is 0 Å². The molecule has 0 fully saturated rings. The summed E-state index contributed by atoms with van der Waals surface area (Å²) in [5.74, 6) is 0.757. The van der Waals surface area contributed by atoms with E-state index in [2.05, 4.69) is 25.2 Å². The topological polar surface area (TPSA) is 21.3 Å². The van der Waals surface area contributed by atoms with Crippen LogP contribution < -0.4 is 10.1 Å². The lowest BCUT2D eigenvalue weighted by Gasteiger charge is -2.14. The van der Waals surface area contributed by atoms with E-state index >= 15 is 0 Å². The molecular formula is C18H20FNO. The van der Waals surface area contributed by atoms with Crippen molar-refractivity contribution >= 4 is 0 Å². The maximum absolute atomic E-state index is 13.7. The van der Waals surface area contributed by atoms with Gasteiger partial charge in [-0.15, -0.1) is 0 Å². The minimum atomic E-state index is -0.199. The van der Waals surface area contributed by atoms with Crippen molar-refractivity contribution in [1.82, 2.24) is 5.32 Å². The van der Waals surface area contributed by atoms with E-state index in [1.54, 1.807) is 6.07 Å². The molecule has 0 aromatic heterocycles. The lowest BCUT2D eigenvalue weighted by atomic mass is 9.97. The van der Waals surface area contributed by atoms with E-state index in [1.165, 1.54) is 11.6 Å². The fourth-order valence-corrected chi connectivity index (χ4v) is 2.64. The van der Waals surface area contributed by atoms with E-state index in [-0.39, 0.29) is 5.82 Å². The molecule has 21 heavy (non-hydrogen) atoms. The van der Waals surface area contributed by atoms with Crippen molar-refractivity contribution < 1.29 is 9.13 Å². The minimum Gasteiger partial charge on any atom is -0.493 e. The summed E-state index contributed by atoms with van der Waals surface area (Å²) < 4.78 is 19.2. The first-order chi connectivity index (χ1) is 10.1. The molecule has 0 spiro atoms. The molecule has 1 aliphatic heterocycles. The number of hydrogen-bond acceptors (Lipinski definition) is 2. The molecule has 0 radical (unpaired) electrons. The molecule has 0 aliphatic carbocycles. The van der Waals surface area contributed by atoms with Crippen molar-refractivity contribution in [2.75, 3.05) is 6.61 Å². The van der Waals surface area contributed by atoms with E-state index in [9.17, 15) is 4.39 Å². The Morgan fingerprint density at radius 1 is 1.19 bits per heavy atom. The highest BCUT2D eigenvalue weighted by atomic mass is 19.1. The zero-order chi connectivity index (χ0) is 14.8. The molecule has 0 bridgehead atoms. The average molecular weight is 285 g/mol. The van der Waals surface area contributed by atoms with E-state index in [0.717, 1.165) is 42.0 Å². The smallest absolute Gasteiger partial charge is 0.123 e. The van der Waals surface area contributed by atoms with Gasteiger partial charge in [-0.2, -0.15) is 0 Å². The van der Waals surface area contributed by atoms with Gasteiger partial charge in [0.25, 0.3) is 0 Å². The Kier molecular flexibility index (Phi) is 3.93. The Morgan fingerprint density at radius 2 is 2.05 bits per heavy atom. The van der Waals surface area contributed by atoms with Crippen LogP contribution in [0, 0.1) is 5.82 Å². The number of nitrogens with one attached hydrogen (secondary N) is 1. The number of rotatable bonds is 4. The zero-order valence-electron chi connectivity index (χ0n) is 12.4. The second kappa shape index (κ2) is 5.86. The molecule has 2 aromatic rings. The SMILES string of the molecule is CC(C)NCc1ccc(F)cc1-c1ccc2c(c1)CCO2. The predicted molar refractivity (Wildman–Crippen MR) is 83.0 cm³/mol. The van der Waals surface area contributed by atoms with Crippen molar-refractivity contribution in [3.63, 3.8) is 0 Å². The van der Waals surface area contributed by atoms with Crippen molar-refractivity contribution in [2.45, 2.75) is 32.9 Å². The molecule has 0 amide bonds. The molecule has 110 valence electrons. The molecule has 0 atom stereocenters. The third kappa shape index (κ3) is 3.08. The molecular weight excluding hydrogens is 265 g/mol. The summed E-state index contributed by atoms with van der Waals surface area (Å²) in [5.41, 5.74) is 4.33. The molecule has 0 saturated carbocycles. The van der Waals surface area contributed by atoms with Crippen LogP contribution in [-0.4, -0.2) is 12.6 Å². The summed E-state index contributed by atoms with van der Waals surface area (Å²) in [6.45, 7) is 5.69. The molecule has 1 N–H and O–H groups in total. The van der Waals surface area contributed by atoms with E-state index in [1.807, 2.05) is 18.2 Å². The lowest BCUT2D eigenvalue weighted by Crippen LogP contribution is -2.22. The minimum absolute atomic E-state index is 0.199. The van der Waals surface area contributed by atoms with E-state index < -0.39 is 0 Å². The van der Waals surface area contributed by atoms with Gasteiger partial charge in [-0.1, -0.05) is 26.0 Å². The third-order valence-corrected chi connectivity index (χ3v) is 3.77. The van der Waals surface area contributed by atoms with Crippen LogP contribution in [0.4, 0.5) is 4.39 Å². The maximum atomic E-state index is 13.7. The average Bonchev–Trinajstić information content (AvgIpc) is 2.93. The Hall–Kier alpha value is -1.87. The summed E-state index contributed by atoms with van der Waals surface area (Å²) in [6, 6.07) is 11.5. The van der Waals surface area contributed by atoms with Crippen LogP contribution in [0.15, 0.2) is 36.4 Å². The van der Waals surface area contributed by atoms with Crippen molar-refractivity contribution in [3.8, 4) is 16.9 Å². The highest BCUT2D eigenvalue weighted by Gasteiger charge is 2.14. The zero-order valence-corrected chi connectivity index (χ0v) is 12.4. The van der Waals surface area contributed by atoms with Gasteiger partial charge >= 0.3 is 0 Å². The molecule has 0 saturated heterocycles. The molecule has 1 heterocycles. The molecule has 3 heteroatoms. The maximum Gasteiger partial charge on any atom is 0.123 e. The van der Waals surface area contributed by atoms with Crippen LogP contribution in [-0.2, 0) is 13.0 Å². The fourth-order valence-electron chi connectivity index (χ4n) is 2.64. The quantitative estimate of drug-likeness (QED) is 0.919. The highest BCUT2D eigenvalue weighted by Crippen LogP contribution is 2.32. The van der Waals surface area contributed by atoms with Gasteiger partial charge in [-0.05, 0) is 46.5 Å². The van der Waals surface area contributed by atoms with Crippen LogP contribution in [0.2, 0.25) is 0 Å². The summed E-state index contributed by atoms with van der Waals surface area (Å²) in [4.78, 5) is 0. The monoisotopic (exact) mass is 285 g/mol. The van der Waals surface area contributed by atoms with Gasteiger partial charge in [0.1, 0.15) is 11.6 Å². The number of fused-ring (bicyclic) bond motifs is 1. The van der Waals surface area contributed by atoms with Gasteiger partial charge in [-0.25, -0.2) is 4.39 Å². The first kappa shape index (κ1) is 14.1. The van der Waals surface area contributed by atoms with Crippen molar-refractivity contribution in [3.05, 3.63) is 53.3 Å².